The lowest BCUT2D eigenvalue weighted by Gasteiger charge is -2.15. The van der Waals surface area contributed by atoms with Gasteiger partial charge in [-0.2, -0.15) is 5.26 Å². The summed E-state index contributed by atoms with van der Waals surface area (Å²) in [5, 5.41) is 9.02. The van der Waals surface area contributed by atoms with Crippen LogP contribution < -0.4 is 0 Å². The van der Waals surface area contributed by atoms with Crippen molar-refractivity contribution >= 4 is 11.8 Å². The van der Waals surface area contributed by atoms with Gasteiger partial charge in [-0.1, -0.05) is 24.3 Å². The lowest BCUT2D eigenvalue weighted by Crippen LogP contribution is -2.12. The number of hydrogen-bond acceptors (Lipinski definition) is 4. The molecule has 0 aliphatic heterocycles. The minimum absolute atomic E-state index is 0.0413. The lowest BCUT2D eigenvalue weighted by molar-refractivity contribution is -0.118. The maximum Gasteiger partial charge on any atom is 0.338 e. The van der Waals surface area contributed by atoms with Crippen molar-refractivity contribution in [2.45, 2.75) is 26.2 Å². The van der Waals surface area contributed by atoms with Crippen LogP contribution in [0.4, 0.5) is 0 Å². The number of rotatable bonds is 6. The SMILES string of the molecule is CCOC(=O)c1ccc(CC(C(C)=O)c2cccc(C#N)c2)cc1. The Balaban J connectivity index is 2.20. The molecule has 4 heteroatoms. The normalized spacial score (nSPS) is 11.4. The van der Waals surface area contributed by atoms with E-state index in [9.17, 15) is 9.59 Å². The largest absolute Gasteiger partial charge is 0.462 e. The van der Waals surface area contributed by atoms with Gasteiger partial charge >= 0.3 is 5.97 Å². The Hall–Kier alpha value is -2.93. The summed E-state index contributed by atoms with van der Waals surface area (Å²) in [5.41, 5.74) is 2.81. The highest BCUT2D eigenvalue weighted by atomic mass is 16.5. The first kappa shape index (κ1) is 17.4. The van der Waals surface area contributed by atoms with Gasteiger partial charge in [0.25, 0.3) is 0 Å². The van der Waals surface area contributed by atoms with E-state index in [2.05, 4.69) is 6.07 Å². The van der Waals surface area contributed by atoms with Crippen molar-refractivity contribution in [2.75, 3.05) is 6.61 Å². The number of benzene rings is 2. The van der Waals surface area contributed by atoms with E-state index in [0.29, 0.717) is 24.2 Å². The second-order valence-electron chi connectivity index (χ2n) is 5.52. The molecule has 24 heavy (non-hydrogen) atoms. The van der Waals surface area contributed by atoms with Crippen molar-refractivity contribution in [2.24, 2.45) is 0 Å². The summed E-state index contributed by atoms with van der Waals surface area (Å²) in [6, 6.07) is 16.3. The first-order valence-corrected chi connectivity index (χ1v) is 7.81. The molecule has 0 aliphatic rings. The Labute approximate surface area is 141 Å². The summed E-state index contributed by atoms with van der Waals surface area (Å²) < 4.78 is 4.96. The van der Waals surface area contributed by atoms with Crippen LogP contribution in [-0.4, -0.2) is 18.4 Å². The fraction of sp³-hybridized carbons (Fsp3) is 0.250. The number of carbonyl (C=O) groups is 2. The highest BCUT2D eigenvalue weighted by Gasteiger charge is 2.18. The van der Waals surface area contributed by atoms with Crippen molar-refractivity contribution < 1.29 is 14.3 Å². The van der Waals surface area contributed by atoms with Crippen molar-refractivity contribution in [3.63, 3.8) is 0 Å². The van der Waals surface area contributed by atoms with Crippen LogP contribution in [0.1, 0.15) is 46.8 Å². The van der Waals surface area contributed by atoms with Gasteiger partial charge in [-0.05, 0) is 55.7 Å². The van der Waals surface area contributed by atoms with E-state index in [0.717, 1.165) is 11.1 Å². The third kappa shape index (κ3) is 4.30. The van der Waals surface area contributed by atoms with Gasteiger partial charge in [0.2, 0.25) is 0 Å². The molecule has 0 fully saturated rings. The summed E-state index contributed by atoms with van der Waals surface area (Å²) in [7, 11) is 0. The molecule has 0 aromatic heterocycles. The molecule has 122 valence electrons. The minimum Gasteiger partial charge on any atom is -0.462 e. The van der Waals surface area contributed by atoms with Crippen LogP contribution in [0.25, 0.3) is 0 Å². The fourth-order valence-electron chi connectivity index (χ4n) is 2.55. The Morgan fingerprint density at radius 1 is 1.17 bits per heavy atom. The zero-order valence-corrected chi connectivity index (χ0v) is 13.8. The molecule has 0 N–H and O–H groups in total. The quantitative estimate of drug-likeness (QED) is 0.762. The second kappa shape index (κ2) is 8.07. The Kier molecular flexibility index (Phi) is 5.86. The standard InChI is InChI=1S/C20H19NO3/c1-3-24-20(23)17-9-7-15(8-10-17)12-19(14(2)22)18-6-4-5-16(11-18)13-21/h4-11,19H,3,12H2,1-2H3. The monoisotopic (exact) mass is 321 g/mol. The number of esters is 1. The van der Waals surface area contributed by atoms with Crippen LogP contribution in [0.15, 0.2) is 48.5 Å². The van der Waals surface area contributed by atoms with E-state index in [1.165, 1.54) is 0 Å². The maximum atomic E-state index is 12.1. The molecule has 0 saturated carbocycles. The van der Waals surface area contributed by atoms with Crippen LogP contribution in [0.2, 0.25) is 0 Å². The summed E-state index contributed by atoms with van der Waals surface area (Å²) >= 11 is 0. The van der Waals surface area contributed by atoms with E-state index >= 15 is 0 Å². The molecule has 0 bridgehead atoms. The average molecular weight is 321 g/mol. The van der Waals surface area contributed by atoms with E-state index in [-0.39, 0.29) is 17.7 Å². The number of Topliss-reactive ketones (excluding diaryl/α,β-unsaturated/α-hetero) is 1. The van der Waals surface area contributed by atoms with E-state index in [1.807, 2.05) is 18.2 Å². The molecule has 2 aromatic carbocycles. The molecular weight excluding hydrogens is 302 g/mol. The van der Waals surface area contributed by atoms with E-state index < -0.39 is 0 Å². The number of nitriles is 1. The van der Waals surface area contributed by atoms with E-state index in [4.69, 9.17) is 10.00 Å². The molecule has 0 radical (unpaired) electrons. The number of carbonyl (C=O) groups excluding carboxylic acids is 2. The first-order chi connectivity index (χ1) is 11.5. The van der Waals surface area contributed by atoms with Crippen molar-refractivity contribution in [1.82, 2.24) is 0 Å². The minimum atomic E-state index is -0.353. The zero-order valence-electron chi connectivity index (χ0n) is 13.8. The summed E-state index contributed by atoms with van der Waals surface area (Å²) in [6.45, 7) is 3.65. The molecule has 2 rings (SSSR count). The highest BCUT2D eigenvalue weighted by Crippen LogP contribution is 2.23. The predicted octanol–water partition coefficient (Wildman–Crippen LogP) is 3.65. The number of nitrogens with zero attached hydrogens (tertiary/aromatic N) is 1. The molecular formula is C20H19NO3. The van der Waals surface area contributed by atoms with Gasteiger partial charge in [-0.25, -0.2) is 4.79 Å². The van der Waals surface area contributed by atoms with Crippen molar-refractivity contribution in [3.05, 3.63) is 70.8 Å². The Morgan fingerprint density at radius 2 is 1.88 bits per heavy atom. The van der Waals surface area contributed by atoms with Crippen molar-refractivity contribution in [1.29, 1.82) is 5.26 Å². The first-order valence-electron chi connectivity index (χ1n) is 7.81. The molecule has 4 nitrogen and oxygen atoms in total. The molecule has 1 atom stereocenters. The summed E-state index contributed by atoms with van der Waals surface area (Å²) in [5.74, 6) is -0.625. The zero-order chi connectivity index (χ0) is 17.5. The van der Waals surface area contributed by atoms with Crippen LogP contribution in [0, 0.1) is 11.3 Å². The topological polar surface area (TPSA) is 67.2 Å². The predicted molar refractivity (Wildman–Crippen MR) is 90.7 cm³/mol. The van der Waals surface area contributed by atoms with Crippen LogP contribution in [0.3, 0.4) is 0 Å². The average Bonchev–Trinajstić information content (AvgIpc) is 2.60. The third-order valence-corrected chi connectivity index (χ3v) is 3.81. The highest BCUT2D eigenvalue weighted by molar-refractivity contribution is 5.89. The van der Waals surface area contributed by atoms with Gasteiger partial charge in [-0.15, -0.1) is 0 Å². The smallest absolute Gasteiger partial charge is 0.338 e. The van der Waals surface area contributed by atoms with Crippen LogP contribution in [0.5, 0.6) is 0 Å². The molecule has 1 unspecified atom stereocenters. The Morgan fingerprint density at radius 3 is 2.46 bits per heavy atom. The fourth-order valence-corrected chi connectivity index (χ4v) is 2.55. The Bertz CT molecular complexity index is 772. The van der Waals surface area contributed by atoms with Gasteiger partial charge < -0.3 is 4.74 Å². The molecule has 0 heterocycles. The third-order valence-electron chi connectivity index (χ3n) is 3.81. The number of ketones is 1. The second-order valence-corrected chi connectivity index (χ2v) is 5.52. The van der Waals surface area contributed by atoms with Gasteiger partial charge in [0.1, 0.15) is 5.78 Å². The number of hydrogen-bond donors (Lipinski definition) is 0. The maximum absolute atomic E-state index is 12.1. The summed E-state index contributed by atoms with van der Waals surface area (Å²) in [4.78, 5) is 23.7. The van der Waals surface area contributed by atoms with Gasteiger partial charge in [0.15, 0.2) is 0 Å². The van der Waals surface area contributed by atoms with Gasteiger partial charge in [-0.3, -0.25) is 4.79 Å². The van der Waals surface area contributed by atoms with Gasteiger partial charge in [0, 0.05) is 5.92 Å². The lowest BCUT2D eigenvalue weighted by atomic mass is 9.88. The molecule has 2 aromatic rings. The van der Waals surface area contributed by atoms with Crippen LogP contribution in [-0.2, 0) is 16.0 Å². The number of ether oxygens (including phenoxy) is 1. The van der Waals surface area contributed by atoms with Crippen LogP contribution >= 0.6 is 0 Å². The molecule has 0 aliphatic carbocycles. The van der Waals surface area contributed by atoms with Gasteiger partial charge in [0.05, 0.1) is 23.8 Å². The van der Waals surface area contributed by atoms with E-state index in [1.54, 1.807) is 44.2 Å². The molecule has 0 spiro atoms. The molecule has 0 amide bonds. The molecule has 0 saturated heterocycles. The summed E-state index contributed by atoms with van der Waals surface area (Å²) in [6.07, 6.45) is 0.521. The van der Waals surface area contributed by atoms with Crippen molar-refractivity contribution in [3.8, 4) is 6.07 Å².